The predicted octanol–water partition coefficient (Wildman–Crippen LogP) is 2.84. The van der Waals surface area contributed by atoms with Crippen LogP contribution in [0.25, 0.3) is 0 Å². The summed E-state index contributed by atoms with van der Waals surface area (Å²) in [6.45, 7) is 6.20. The van der Waals surface area contributed by atoms with Crippen molar-refractivity contribution < 1.29 is 0 Å². The Bertz CT molecular complexity index is 313. The van der Waals surface area contributed by atoms with E-state index in [9.17, 15) is 0 Å². The lowest BCUT2D eigenvalue weighted by Gasteiger charge is -2.32. The Morgan fingerprint density at radius 2 is 1.72 bits per heavy atom. The molecule has 1 aliphatic rings. The van der Waals surface area contributed by atoms with Crippen molar-refractivity contribution >= 4 is 24.2 Å². The zero-order valence-electron chi connectivity index (χ0n) is 11.0. The smallest absolute Gasteiger partial charge is 0.0110 e. The second-order valence-corrected chi connectivity index (χ2v) is 5.83. The fraction of sp³-hybridized carbons (Fsp3) is 0.571. The quantitative estimate of drug-likeness (QED) is 0.607. The van der Waals surface area contributed by atoms with Crippen LogP contribution in [0.15, 0.2) is 35.2 Å². The number of hydrogen-bond acceptors (Lipinski definition) is 3. The summed E-state index contributed by atoms with van der Waals surface area (Å²) in [5.41, 5.74) is 0. The Labute approximate surface area is 121 Å². The average molecular weight is 287 g/mol. The summed E-state index contributed by atoms with van der Waals surface area (Å²) in [7, 11) is 2.21. The number of rotatable bonds is 5. The largest absolute Gasteiger partial charge is 0.304 e. The molecule has 0 N–H and O–H groups in total. The van der Waals surface area contributed by atoms with Gasteiger partial charge in [0.25, 0.3) is 0 Å². The molecule has 1 aliphatic heterocycles. The van der Waals surface area contributed by atoms with Gasteiger partial charge >= 0.3 is 0 Å². The van der Waals surface area contributed by atoms with Crippen molar-refractivity contribution in [1.82, 2.24) is 9.80 Å². The van der Waals surface area contributed by atoms with E-state index in [0.717, 1.165) is 0 Å². The molecule has 0 saturated carbocycles. The van der Waals surface area contributed by atoms with Crippen LogP contribution in [0.5, 0.6) is 0 Å². The minimum absolute atomic E-state index is 0. The van der Waals surface area contributed by atoms with Gasteiger partial charge in [0, 0.05) is 31.1 Å². The number of piperazine rings is 1. The molecule has 1 fully saturated rings. The van der Waals surface area contributed by atoms with Crippen molar-refractivity contribution in [3.05, 3.63) is 30.3 Å². The van der Waals surface area contributed by atoms with Crippen molar-refractivity contribution in [1.29, 1.82) is 0 Å². The topological polar surface area (TPSA) is 6.48 Å². The van der Waals surface area contributed by atoms with E-state index in [1.165, 1.54) is 49.8 Å². The third kappa shape index (κ3) is 5.61. The zero-order chi connectivity index (χ0) is 11.9. The molecule has 0 atom stereocenters. The van der Waals surface area contributed by atoms with Crippen LogP contribution in [0.4, 0.5) is 0 Å². The number of hydrogen-bond donors (Lipinski definition) is 0. The molecular formula is C14H23ClN2S. The fourth-order valence-electron chi connectivity index (χ4n) is 2.07. The summed E-state index contributed by atoms with van der Waals surface area (Å²) >= 11 is 1.97. The molecular weight excluding hydrogens is 264 g/mol. The van der Waals surface area contributed by atoms with Gasteiger partial charge in [0.15, 0.2) is 0 Å². The van der Waals surface area contributed by atoms with Crippen molar-refractivity contribution in [2.75, 3.05) is 45.5 Å². The number of nitrogens with zero attached hydrogens (tertiary/aromatic N) is 2. The molecule has 0 aromatic heterocycles. The number of halogens is 1. The minimum atomic E-state index is 0. The lowest BCUT2D eigenvalue weighted by molar-refractivity contribution is 0.154. The molecule has 1 saturated heterocycles. The van der Waals surface area contributed by atoms with Crippen LogP contribution in [-0.4, -0.2) is 55.3 Å². The third-order valence-corrected chi connectivity index (χ3v) is 4.32. The first-order valence-corrected chi connectivity index (χ1v) is 7.42. The monoisotopic (exact) mass is 286 g/mol. The van der Waals surface area contributed by atoms with Crippen molar-refractivity contribution in [3.8, 4) is 0 Å². The van der Waals surface area contributed by atoms with E-state index in [1.807, 2.05) is 11.8 Å². The highest BCUT2D eigenvalue weighted by Crippen LogP contribution is 2.17. The van der Waals surface area contributed by atoms with E-state index < -0.39 is 0 Å². The van der Waals surface area contributed by atoms with Gasteiger partial charge in [0.2, 0.25) is 0 Å². The van der Waals surface area contributed by atoms with Crippen LogP contribution >= 0.6 is 24.2 Å². The van der Waals surface area contributed by atoms with Gasteiger partial charge in [-0.2, -0.15) is 0 Å². The summed E-state index contributed by atoms with van der Waals surface area (Å²) in [6.07, 6.45) is 1.29. The molecule has 18 heavy (non-hydrogen) atoms. The molecule has 2 nitrogen and oxygen atoms in total. The van der Waals surface area contributed by atoms with Gasteiger partial charge in [-0.15, -0.1) is 24.2 Å². The summed E-state index contributed by atoms with van der Waals surface area (Å²) < 4.78 is 0. The van der Waals surface area contributed by atoms with Gasteiger partial charge in [0.1, 0.15) is 0 Å². The fourth-order valence-corrected chi connectivity index (χ4v) is 2.93. The molecule has 102 valence electrons. The molecule has 1 heterocycles. The Morgan fingerprint density at radius 1 is 1.06 bits per heavy atom. The summed E-state index contributed by atoms with van der Waals surface area (Å²) in [6, 6.07) is 10.7. The lowest BCUT2D eigenvalue weighted by atomic mass is 10.3. The van der Waals surface area contributed by atoms with E-state index in [0.29, 0.717) is 0 Å². The Balaban J connectivity index is 0.00000162. The first kappa shape index (κ1) is 15.8. The van der Waals surface area contributed by atoms with Crippen LogP contribution in [0.1, 0.15) is 6.42 Å². The highest BCUT2D eigenvalue weighted by molar-refractivity contribution is 7.99. The normalized spacial score (nSPS) is 17.4. The van der Waals surface area contributed by atoms with Gasteiger partial charge < -0.3 is 9.80 Å². The molecule has 0 bridgehead atoms. The van der Waals surface area contributed by atoms with Gasteiger partial charge in [-0.25, -0.2) is 0 Å². The van der Waals surface area contributed by atoms with Gasteiger partial charge in [-0.3, -0.25) is 0 Å². The highest BCUT2D eigenvalue weighted by Gasteiger charge is 2.12. The Hall–Kier alpha value is -0.220. The molecule has 0 unspecified atom stereocenters. The standard InChI is InChI=1S/C14H22N2S.ClH/c1-15-9-11-16(12-10-15)8-5-13-17-14-6-3-2-4-7-14;/h2-4,6-7H,5,8-13H2,1H3;1H. The maximum absolute atomic E-state index is 2.59. The maximum atomic E-state index is 2.59. The molecule has 0 amide bonds. The van der Waals surface area contributed by atoms with Gasteiger partial charge in [-0.05, 0) is 37.9 Å². The van der Waals surface area contributed by atoms with Crippen LogP contribution in [-0.2, 0) is 0 Å². The van der Waals surface area contributed by atoms with E-state index >= 15 is 0 Å². The van der Waals surface area contributed by atoms with Crippen molar-refractivity contribution in [2.45, 2.75) is 11.3 Å². The molecule has 1 aromatic rings. The average Bonchev–Trinajstić information content (AvgIpc) is 2.38. The Kier molecular flexibility index (Phi) is 7.75. The first-order chi connectivity index (χ1) is 8.34. The SMILES string of the molecule is CN1CCN(CCCSc2ccccc2)CC1.Cl. The van der Waals surface area contributed by atoms with Crippen LogP contribution in [0, 0.1) is 0 Å². The van der Waals surface area contributed by atoms with Gasteiger partial charge in [-0.1, -0.05) is 18.2 Å². The van der Waals surface area contributed by atoms with E-state index in [4.69, 9.17) is 0 Å². The predicted molar refractivity (Wildman–Crippen MR) is 83.0 cm³/mol. The molecule has 2 rings (SSSR count). The zero-order valence-corrected chi connectivity index (χ0v) is 12.7. The van der Waals surface area contributed by atoms with E-state index in [1.54, 1.807) is 0 Å². The highest BCUT2D eigenvalue weighted by atomic mass is 35.5. The third-order valence-electron chi connectivity index (χ3n) is 3.23. The molecule has 0 radical (unpaired) electrons. The molecule has 0 aliphatic carbocycles. The maximum Gasteiger partial charge on any atom is 0.0110 e. The summed E-state index contributed by atoms with van der Waals surface area (Å²) in [4.78, 5) is 6.40. The minimum Gasteiger partial charge on any atom is -0.304 e. The first-order valence-electron chi connectivity index (χ1n) is 6.43. The van der Waals surface area contributed by atoms with Gasteiger partial charge in [0.05, 0.1) is 0 Å². The second kappa shape index (κ2) is 8.81. The second-order valence-electron chi connectivity index (χ2n) is 4.66. The molecule has 1 aromatic carbocycles. The molecule has 0 spiro atoms. The van der Waals surface area contributed by atoms with Crippen molar-refractivity contribution in [2.24, 2.45) is 0 Å². The summed E-state index contributed by atoms with van der Waals surface area (Å²) in [5.74, 6) is 1.23. The number of thioether (sulfide) groups is 1. The number of likely N-dealkylation sites (N-methyl/N-ethyl adjacent to an activating group) is 1. The lowest BCUT2D eigenvalue weighted by Crippen LogP contribution is -2.44. The van der Waals surface area contributed by atoms with Crippen molar-refractivity contribution in [3.63, 3.8) is 0 Å². The summed E-state index contributed by atoms with van der Waals surface area (Å²) in [5, 5.41) is 0. The van der Waals surface area contributed by atoms with E-state index in [-0.39, 0.29) is 12.4 Å². The number of benzene rings is 1. The Morgan fingerprint density at radius 3 is 2.39 bits per heavy atom. The van der Waals surface area contributed by atoms with Crippen LogP contribution in [0.3, 0.4) is 0 Å². The van der Waals surface area contributed by atoms with E-state index in [2.05, 4.69) is 47.2 Å². The molecule has 4 heteroatoms. The van der Waals surface area contributed by atoms with Crippen LogP contribution < -0.4 is 0 Å². The van der Waals surface area contributed by atoms with Crippen LogP contribution in [0.2, 0.25) is 0 Å².